The summed E-state index contributed by atoms with van der Waals surface area (Å²) in [4.78, 5) is 86.2. The van der Waals surface area contributed by atoms with Crippen LogP contribution in [0.5, 0.6) is 0 Å². The number of hydrogen-bond donors (Lipinski definition) is 6. The molecule has 1 unspecified atom stereocenters. The number of aryl methyl sites for hydroxylation is 1. The van der Waals surface area contributed by atoms with Gasteiger partial charge in [-0.15, -0.1) is 23.1 Å². The molecule has 4 fully saturated rings. The number of carbonyl (C=O) groups is 5. The highest BCUT2D eigenvalue weighted by molar-refractivity contribution is 7.99. The number of alkyl halides is 3. The Balaban J connectivity index is 0.609. The maximum Gasteiger partial charge on any atom is 0.501 e. The van der Waals surface area contributed by atoms with Gasteiger partial charge in [0.15, 0.2) is 0 Å². The number of aromatic nitrogens is 1. The molecule has 6 atom stereocenters. The quantitative estimate of drug-likeness (QED) is 0.0249. The second-order valence-corrected chi connectivity index (χ2v) is 37.5. The van der Waals surface area contributed by atoms with E-state index in [4.69, 9.17) is 16.3 Å². The summed E-state index contributed by atoms with van der Waals surface area (Å²) in [7, 11) is -11.0. The molecule has 7 aromatic rings. The third-order valence-electron chi connectivity index (χ3n) is 22.0. The Labute approximate surface area is 678 Å². The van der Waals surface area contributed by atoms with Gasteiger partial charge in [0.1, 0.15) is 17.0 Å². The van der Waals surface area contributed by atoms with Crippen LogP contribution in [0.3, 0.4) is 0 Å². The van der Waals surface area contributed by atoms with E-state index < -0.39 is 113 Å². The fraction of sp³-hybridized carbons (Fsp3) is 0.446. The summed E-state index contributed by atoms with van der Waals surface area (Å²) in [6.07, 6.45) is 2.29. The number of sulfonamides is 1. The molecule has 1 aromatic heterocycles. The Kier molecular flexibility index (Phi) is 27.4. The smallest absolute Gasteiger partial charge is 0.391 e. The number of nitrogens with zero attached hydrogens (tertiary/aromatic N) is 7. The molecule has 610 valence electrons. The van der Waals surface area contributed by atoms with Crippen LogP contribution in [0.2, 0.25) is 5.02 Å². The van der Waals surface area contributed by atoms with Crippen molar-refractivity contribution >= 4 is 107 Å². The zero-order chi connectivity index (χ0) is 81.3. The molecule has 0 bridgehead atoms. The highest BCUT2D eigenvalue weighted by Crippen LogP contribution is 2.45. The van der Waals surface area contributed by atoms with Gasteiger partial charge in [0.05, 0.1) is 58.6 Å². The Morgan fingerprint density at radius 2 is 1.36 bits per heavy atom. The fourth-order valence-electron chi connectivity index (χ4n) is 15.5. The van der Waals surface area contributed by atoms with E-state index in [0.717, 1.165) is 127 Å². The third kappa shape index (κ3) is 21.4. The Hall–Kier alpha value is -8.43. The van der Waals surface area contributed by atoms with Crippen LogP contribution in [0.25, 0.3) is 16.0 Å². The molecule has 23 nitrogen and oxygen atoms in total. The molecular formula is C83H100ClF3N12O11S4. The third-order valence-corrected chi connectivity index (χ3v) is 27.3. The van der Waals surface area contributed by atoms with Crippen molar-refractivity contribution in [3.8, 4) is 10.4 Å². The van der Waals surface area contributed by atoms with Crippen molar-refractivity contribution in [2.75, 3.05) is 132 Å². The lowest BCUT2D eigenvalue weighted by Crippen LogP contribution is -2.58. The molecule has 4 saturated heterocycles. The summed E-state index contributed by atoms with van der Waals surface area (Å²) in [5.74, 6) is -2.70. The Morgan fingerprint density at radius 1 is 0.746 bits per heavy atom. The number of benzene rings is 6. The number of anilines is 3. The fourth-order valence-corrected chi connectivity index (χ4v) is 19.5. The number of thiazole rings is 1. The lowest BCUT2D eigenvalue weighted by molar-refractivity contribution is -0.144. The van der Waals surface area contributed by atoms with Crippen molar-refractivity contribution in [3.05, 3.63) is 190 Å². The maximum absolute atomic E-state index is 14.4. The van der Waals surface area contributed by atoms with E-state index >= 15 is 0 Å². The van der Waals surface area contributed by atoms with E-state index in [0.29, 0.717) is 74.8 Å². The van der Waals surface area contributed by atoms with Crippen LogP contribution in [0.1, 0.15) is 110 Å². The van der Waals surface area contributed by atoms with Gasteiger partial charge in [-0.3, -0.25) is 38.7 Å². The zero-order valence-corrected chi connectivity index (χ0v) is 68.9. The van der Waals surface area contributed by atoms with Gasteiger partial charge >= 0.3 is 5.51 Å². The van der Waals surface area contributed by atoms with Crippen LogP contribution in [-0.4, -0.2) is 223 Å². The van der Waals surface area contributed by atoms with Gasteiger partial charge < -0.3 is 45.8 Å². The van der Waals surface area contributed by atoms with Crippen LogP contribution in [0, 0.1) is 17.8 Å². The van der Waals surface area contributed by atoms with Gasteiger partial charge in [-0.1, -0.05) is 99.5 Å². The minimum Gasteiger partial charge on any atom is -0.391 e. The lowest BCUT2D eigenvalue weighted by atomic mass is 9.71. The highest BCUT2D eigenvalue weighted by Gasteiger charge is 2.49. The van der Waals surface area contributed by atoms with Crippen molar-refractivity contribution in [3.63, 3.8) is 0 Å². The number of likely N-dealkylation sites (tertiary alicyclic amines) is 1. The molecule has 5 aliphatic rings. The molecule has 114 heavy (non-hydrogen) atoms. The summed E-state index contributed by atoms with van der Waals surface area (Å²) in [6.45, 7) is 21.7. The zero-order valence-electron chi connectivity index (χ0n) is 64.9. The number of halogens is 4. The Morgan fingerprint density at radius 3 is 1.96 bits per heavy atom. The Bertz CT molecular complexity index is 4810. The van der Waals surface area contributed by atoms with E-state index in [-0.39, 0.29) is 23.9 Å². The van der Waals surface area contributed by atoms with E-state index in [1.165, 1.54) is 39.9 Å². The number of rotatable bonds is 28. The first kappa shape index (κ1) is 85.0. The van der Waals surface area contributed by atoms with Gasteiger partial charge in [-0.05, 0) is 164 Å². The molecule has 6 N–H and O–H groups in total. The number of β-amino-alcohol motifs (C(OH)–C–C–N with tert-alkyl or cyclic N) is 1. The number of thioether (sulfide) groups is 1. The van der Waals surface area contributed by atoms with Crippen molar-refractivity contribution in [2.24, 2.45) is 10.8 Å². The number of allylic oxidation sites excluding steroid dienone is 1. The number of nitrogens with one attached hydrogen (secondary N) is 5. The van der Waals surface area contributed by atoms with Crippen LogP contribution in [0.4, 0.5) is 30.2 Å². The summed E-state index contributed by atoms with van der Waals surface area (Å²) in [5, 5.41) is 23.0. The average Bonchev–Trinajstić information content (AvgIpc) is 0.993. The number of carbonyl (C=O) groups excluding carboxylic acids is 5. The van der Waals surface area contributed by atoms with E-state index in [9.17, 15) is 59.1 Å². The molecule has 6 aromatic carbocycles. The van der Waals surface area contributed by atoms with E-state index in [1.54, 1.807) is 61.9 Å². The van der Waals surface area contributed by atoms with Gasteiger partial charge in [0.2, 0.25) is 17.7 Å². The van der Waals surface area contributed by atoms with Crippen molar-refractivity contribution < 1.29 is 63.8 Å². The summed E-state index contributed by atoms with van der Waals surface area (Å²) in [5.41, 5.74) is 3.52. The van der Waals surface area contributed by atoms with Crippen LogP contribution < -0.4 is 35.8 Å². The second kappa shape index (κ2) is 36.8. The number of amides is 5. The maximum atomic E-state index is 14.4. The summed E-state index contributed by atoms with van der Waals surface area (Å²) >= 11 is 9.40. The molecule has 12 rings (SSSR count). The predicted octanol–water partition coefficient (Wildman–Crippen LogP) is 11.2. The number of aliphatic hydroxyl groups excluding tert-OH is 1. The van der Waals surface area contributed by atoms with Gasteiger partial charge in [0, 0.05) is 142 Å². The molecular weight excluding hydrogens is 1560 g/mol. The first-order valence-electron chi connectivity index (χ1n) is 38.5. The number of piperazine rings is 2. The highest BCUT2D eigenvalue weighted by atomic mass is 35.5. The second-order valence-electron chi connectivity index (χ2n) is 31.5. The molecule has 0 spiro atoms. The largest absolute Gasteiger partial charge is 0.501 e. The summed E-state index contributed by atoms with van der Waals surface area (Å²) < 4.78 is 105. The number of hydrogen-bond acceptors (Lipinski definition) is 20. The van der Waals surface area contributed by atoms with Crippen molar-refractivity contribution in [2.45, 2.75) is 124 Å². The standard InChI is InChI=1S/C83H100ClF3N12O11S4/c1-55(57-12-14-59(15-13-57)75-56(2)89-54-112-75)90-79(104)72-46-67(100)51-99(72)80(105)76(81(3,4)5)92-74(101)49-88-77(102)60-18-24-65(25-19-60)98-40-36-96(37-41-98)53-82(6)32-30-70(58-16-22-63(84)23-17-58)62(48-82)50-95-34-38-97(39-35-95)66-26-20-61(21-27-66)78(103)93-114(108,109)69-28-29-71(73(47-69)113(106,107)83(85,86)87)91-64(31-33-94-42-44-110-45-43-94)52-111-68-10-8-7-9-11-68/h7-29,47,54-55,64,67,72,76,91,100H,30-46,48-53H2,1-6H3,(H,88,102)(H,90,104)(H,92,101)(H,93,103)/t55-,64+,67+,72-,76+,82?/m0/s1. The molecule has 0 saturated carbocycles. The average molecular weight is 1660 g/mol. The molecule has 4 aliphatic heterocycles. The molecule has 5 heterocycles. The van der Waals surface area contributed by atoms with Crippen LogP contribution in [-0.2, 0) is 39.0 Å². The normalized spacial score (nSPS) is 19.9. The first-order chi connectivity index (χ1) is 54.3. The minimum absolute atomic E-state index is 0.0267. The lowest BCUT2D eigenvalue weighted by Gasteiger charge is -2.44. The first-order valence-corrected chi connectivity index (χ1v) is 43.7. The van der Waals surface area contributed by atoms with Crippen LogP contribution >= 0.6 is 34.7 Å². The van der Waals surface area contributed by atoms with Crippen molar-refractivity contribution in [1.29, 1.82) is 0 Å². The number of aliphatic hydroxyl groups is 1. The summed E-state index contributed by atoms with van der Waals surface area (Å²) in [6, 6.07) is 38.3. The number of sulfone groups is 1. The minimum atomic E-state index is -6.11. The molecule has 31 heteroatoms. The van der Waals surface area contributed by atoms with Crippen molar-refractivity contribution in [1.82, 2.24) is 45.3 Å². The predicted molar refractivity (Wildman–Crippen MR) is 440 cm³/mol. The van der Waals surface area contributed by atoms with Gasteiger partial charge in [-0.2, -0.15) is 13.2 Å². The van der Waals surface area contributed by atoms with Gasteiger partial charge in [0.25, 0.3) is 31.7 Å². The SMILES string of the molecule is Cc1ncsc1-c1ccc([C@H](C)NC(=O)[C@@H]2C[C@@H](O)CN2C(=O)[C@@H](NC(=O)CNC(=O)c2ccc(N3CCN(CC4(C)CCC(c5ccc(Cl)cc5)=C(CN5CCN(c6ccc(C(=O)NS(=O)(=O)c7ccc(N[C@H](CCN8CCOCC8)CSc8ccccc8)c(S(=O)(=O)C(F)(F)F)c7)cc6)CC5)C4)CC3)cc2)C(C)(C)C)cc1. The monoisotopic (exact) mass is 1660 g/mol. The molecule has 1 aliphatic carbocycles. The number of ether oxygens (including phenoxy) is 1. The number of morpholine rings is 1. The molecule has 5 amide bonds. The van der Waals surface area contributed by atoms with Gasteiger partial charge in [-0.25, -0.2) is 26.5 Å². The topological polar surface area (TPSA) is 276 Å². The van der Waals surface area contributed by atoms with E-state index in [2.05, 4.69) is 69.8 Å². The van der Waals surface area contributed by atoms with Crippen LogP contribution in [0.15, 0.2) is 171 Å². The molecule has 0 radical (unpaired) electrons. The van der Waals surface area contributed by atoms with E-state index in [1.807, 2.05) is 97.4 Å².